The fourth-order valence-electron chi connectivity index (χ4n) is 2.82. The van der Waals surface area contributed by atoms with Crippen molar-refractivity contribution in [2.45, 2.75) is 31.7 Å². The van der Waals surface area contributed by atoms with Crippen LogP contribution in [0.5, 0.6) is 0 Å². The molecule has 0 aliphatic carbocycles. The Labute approximate surface area is 135 Å². The van der Waals surface area contributed by atoms with Crippen molar-refractivity contribution in [3.63, 3.8) is 0 Å². The number of furan rings is 1. The number of amides is 1. The van der Waals surface area contributed by atoms with E-state index in [2.05, 4.69) is 10.6 Å². The summed E-state index contributed by atoms with van der Waals surface area (Å²) in [5.74, 6) is 0.929. The first kappa shape index (κ1) is 15.7. The largest absolute Gasteiger partial charge is 0.461 e. The standard InChI is InChI=1S/C18H21FN2O2/c19-16-4-2-1-3-15(16)17-7-5-14(23-17)6-8-18(22)21-13-9-11-20-12-10-13/h1-5,7,13,20H,6,8-12H2,(H,21,22). The Morgan fingerprint density at radius 3 is 2.78 bits per heavy atom. The Hall–Kier alpha value is -2.14. The number of nitrogens with one attached hydrogen (secondary N) is 2. The van der Waals surface area contributed by atoms with E-state index < -0.39 is 0 Å². The van der Waals surface area contributed by atoms with E-state index in [1.165, 1.54) is 6.07 Å². The highest BCUT2D eigenvalue weighted by Gasteiger charge is 2.16. The highest BCUT2D eigenvalue weighted by atomic mass is 19.1. The third-order valence-electron chi connectivity index (χ3n) is 4.10. The van der Waals surface area contributed by atoms with Crippen LogP contribution in [-0.2, 0) is 11.2 Å². The predicted molar refractivity (Wildman–Crippen MR) is 86.5 cm³/mol. The van der Waals surface area contributed by atoms with E-state index in [9.17, 15) is 9.18 Å². The molecule has 2 heterocycles. The highest BCUT2D eigenvalue weighted by molar-refractivity contribution is 5.76. The van der Waals surface area contributed by atoms with E-state index in [1.54, 1.807) is 30.3 Å². The van der Waals surface area contributed by atoms with Crippen molar-refractivity contribution in [1.82, 2.24) is 10.6 Å². The van der Waals surface area contributed by atoms with Crippen molar-refractivity contribution in [3.05, 3.63) is 48.0 Å². The minimum absolute atomic E-state index is 0.0424. The molecule has 2 aromatic rings. The molecule has 0 radical (unpaired) electrons. The summed E-state index contributed by atoms with van der Waals surface area (Å²) in [6, 6.07) is 10.3. The molecule has 1 aliphatic heterocycles. The van der Waals surface area contributed by atoms with Gasteiger partial charge in [-0.05, 0) is 50.2 Å². The normalized spacial score (nSPS) is 15.5. The fraction of sp³-hybridized carbons (Fsp3) is 0.389. The van der Waals surface area contributed by atoms with Gasteiger partial charge in [-0.1, -0.05) is 12.1 Å². The maximum absolute atomic E-state index is 13.7. The minimum atomic E-state index is -0.308. The van der Waals surface area contributed by atoms with E-state index in [4.69, 9.17) is 4.42 Å². The quantitative estimate of drug-likeness (QED) is 0.892. The zero-order chi connectivity index (χ0) is 16.1. The summed E-state index contributed by atoms with van der Waals surface area (Å²) in [6.07, 6.45) is 2.85. The lowest BCUT2D eigenvalue weighted by molar-refractivity contribution is -0.122. The molecule has 122 valence electrons. The van der Waals surface area contributed by atoms with Gasteiger partial charge in [-0.25, -0.2) is 4.39 Å². The summed E-state index contributed by atoms with van der Waals surface area (Å²) in [5.41, 5.74) is 0.443. The number of hydrogen-bond acceptors (Lipinski definition) is 3. The number of hydrogen-bond donors (Lipinski definition) is 2. The van der Waals surface area contributed by atoms with Crippen molar-refractivity contribution >= 4 is 5.91 Å². The van der Waals surface area contributed by atoms with Crippen molar-refractivity contribution in [1.29, 1.82) is 0 Å². The molecule has 3 rings (SSSR count). The fourth-order valence-corrected chi connectivity index (χ4v) is 2.82. The van der Waals surface area contributed by atoms with Crippen LogP contribution in [0.4, 0.5) is 4.39 Å². The Bertz CT molecular complexity index is 663. The third-order valence-corrected chi connectivity index (χ3v) is 4.10. The summed E-state index contributed by atoms with van der Waals surface area (Å²) in [4.78, 5) is 12.0. The summed E-state index contributed by atoms with van der Waals surface area (Å²) in [7, 11) is 0. The number of carbonyl (C=O) groups excluding carboxylic acids is 1. The molecule has 1 saturated heterocycles. The minimum Gasteiger partial charge on any atom is -0.461 e. The van der Waals surface area contributed by atoms with E-state index in [0.29, 0.717) is 29.9 Å². The van der Waals surface area contributed by atoms with Crippen molar-refractivity contribution in [3.8, 4) is 11.3 Å². The van der Waals surface area contributed by atoms with Gasteiger partial charge in [-0.15, -0.1) is 0 Å². The third kappa shape index (κ3) is 4.20. The summed E-state index contributed by atoms with van der Waals surface area (Å²) < 4.78 is 19.4. The molecule has 1 fully saturated rings. The Kier molecular flexibility index (Phi) is 5.08. The van der Waals surface area contributed by atoms with E-state index in [0.717, 1.165) is 25.9 Å². The van der Waals surface area contributed by atoms with Crippen LogP contribution in [0.3, 0.4) is 0 Å². The molecule has 5 heteroatoms. The molecule has 2 N–H and O–H groups in total. The van der Waals surface area contributed by atoms with Gasteiger partial charge in [-0.3, -0.25) is 4.79 Å². The van der Waals surface area contributed by atoms with Gasteiger partial charge in [0.25, 0.3) is 0 Å². The predicted octanol–water partition coefficient (Wildman–Crippen LogP) is 2.89. The van der Waals surface area contributed by atoms with Crippen molar-refractivity contribution < 1.29 is 13.6 Å². The number of halogens is 1. The maximum Gasteiger partial charge on any atom is 0.220 e. The van der Waals surface area contributed by atoms with Crippen LogP contribution in [0.1, 0.15) is 25.0 Å². The van der Waals surface area contributed by atoms with E-state index in [-0.39, 0.29) is 17.8 Å². The monoisotopic (exact) mass is 316 g/mol. The molecule has 0 unspecified atom stereocenters. The number of piperidine rings is 1. The SMILES string of the molecule is O=C(CCc1ccc(-c2ccccc2F)o1)NC1CCNCC1. The molecule has 0 bridgehead atoms. The van der Waals surface area contributed by atoms with Crippen molar-refractivity contribution in [2.75, 3.05) is 13.1 Å². The molecule has 4 nitrogen and oxygen atoms in total. The molecular weight excluding hydrogens is 295 g/mol. The average Bonchev–Trinajstić information content (AvgIpc) is 3.03. The first-order chi connectivity index (χ1) is 11.2. The molecular formula is C18H21FN2O2. The van der Waals surface area contributed by atoms with Crippen LogP contribution in [0.2, 0.25) is 0 Å². The number of rotatable bonds is 5. The average molecular weight is 316 g/mol. The number of carbonyl (C=O) groups is 1. The van der Waals surface area contributed by atoms with Gasteiger partial charge >= 0.3 is 0 Å². The lowest BCUT2D eigenvalue weighted by atomic mass is 10.1. The van der Waals surface area contributed by atoms with Gasteiger partial charge in [0, 0.05) is 18.9 Å². The summed E-state index contributed by atoms with van der Waals surface area (Å²) >= 11 is 0. The lowest BCUT2D eigenvalue weighted by Gasteiger charge is -2.23. The first-order valence-electron chi connectivity index (χ1n) is 8.06. The van der Waals surface area contributed by atoms with Gasteiger partial charge in [0.15, 0.2) is 0 Å². The second kappa shape index (κ2) is 7.42. The molecule has 0 saturated carbocycles. The first-order valence-corrected chi connectivity index (χ1v) is 8.06. The van der Waals surface area contributed by atoms with Gasteiger partial charge in [0.2, 0.25) is 5.91 Å². The van der Waals surface area contributed by atoms with Crippen LogP contribution >= 0.6 is 0 Å². The second-order valence-electron chi connectivity index (χ2n) is 5.84. The molecule has 23 heavy (non-hydrogen) atoms. The Morgan fingerprint density at radius 2 is 2.00 bits per heavy atom. The molecule has 1 aromatic carbocycles. The van der Waals surface area contributed by atoms with Gasteiger partial charge < -0.3 is 15.1 Å². The summed E-state index contributed by atoms with van der Waals surface area (Å²) in [5, 5.41) is 6.33. The van der Waals surface area contributed by atoms with Crippen LogP contribution in [0.15, 0.2) is 40.8 Å². The van der Waals surface area contributed by atoms with E-state index >= 15 is 0 Å². The second-order valence-corrected chi connectivity index (χ2v) is 5.84. The number of benzene rings is 1. The van der Waals surface area contributed by atoms with Crippen molar-refractivity contribution in [2.24, 2.45) is 0 Å². The Morgan fingerprint density at radius 1 is 1.22 bits per heavy atom. The molecule has 0 spiro atoms. The van der Waals surface area contributed by atoms with E-state index in [1.807, 2.05) is 0 Å². The zero-order valence-electron chi connectivity index (χ0n) is 13.0. The summed E-state index contributed by atoms with van der Waals surface area (Å²) in [6.45, 7) is 1.91. The van der Waals surface area contributed by atoms with Crippen LogP contribution in [-0.4, -0.2) is 25.0 Å². The highest BCUT2D eigenvalue weighted by Crippen LogP contribution is 2.25. The topological polar surface area (TPSA) is 54.3 Å². The smallest absolute Gasteiger partial charge is 0.220 e. The van der Waals surface area contributed by atoms with Crippen LogP contribution in [0.25, 0.3) is 11.3 Å². The molecule has 1 aromatic heterocycles. The maximum atomic E-state index is 13.7. The van der Waals surface area contributed by atoms with Gasteiger partial charge in [0.05, 0.1) is 5.56 Å². The van der Waals surface area contributed by atoms with Crippen LogP contribution in [0, 0.1) is 5.82 Å². The molecule has 1 aliphatic rings. The molecule has 1 amide bonds. The van der Waals surface area contributed by atoms with Gasteiger partial charge in [0.1, 0.15) is 17.3 Å². The Balaban J connectivity index is 1.53. The number of aryl methyl sites for hydroxylation is 1. The van der Waals surface area contributed by atoms with Gasteiger partial charge in [-0.2, -0.15) is 0 Å². The van der Waals surface area contributed by atoms with Crippen LogP contribution < -0.4 is 10.6 Å². The zero-order valence-corrected chi connectivity index (χ0v) is 13.0. The lowest BCUT2D eigenvalue weighted by Crippen LogP contribution is -2.42. The molecule has 0 atom stereocenters.